The van der Waals surface area contributed by atoms with E-state index >= 15 is 0 Å². The Hall–Kier alpha value is -2.73. The normalized spacial score (nSPS) is 13.1. The molecule has 6 heteroatoms. The first-order chi connectivity index (χ1) is 11.9. The molecule has 0 saturated carbocycles. The maximum absolute atomic E-state index is 13.7. The predicted molar refractivity (Wildman–Crippen MR) is 93.2 cm³/mol. The zero-order chi connectivity index (χ0) is 18.4. The summed E-state index contributed by atoms with van der Waals surface area (Å²) in [5.41, 5.74) is 7.88. The maximum atomic E-state index is 13.7. The number of quaternary nitrogens is 1. The largest absolute Gasteiger partial charge is 0.351 e. The van der Waals surface area contributed by atoms with Crippen molar-refractivity contribution < 1.29 is 19.3 Å². The molecule has 0 bridgehead atoms. The summed E-state index contributed by atoms with van der Waals surface area (Å²) in [6.45, 7) is 3.74. The number of carbonyl (C=O) groups is 2. The molecule has 2 rings (SSSR count). The summed E-state index contributed by atoms with van der Waals surface area (Å²) >= 11 is 0. The fourth-order valence-corrected chi connectivity index (χ4v) is 2.69. The third-order valence-corrected chi connectivity index (χ3v) is 4.10. The first kappa shape index (κ1) is 18.6. The Kier molecular flexibility index (Phi) is 6.25. The molecule has 0 spiro atoms. The van der Waals surface area contributed by atoms with Gasteiger partial charge in [-0.2, -0.15) is 0 Å². The number of aryl methyl sites for hydroxylation is 1. The first-order valence-corrected chi connectivity index (χ1v) is 8.20. The molecule has 2 aromatic rings. The highest BCUT2D eigenvalue weighted by molar-refractivity contribution is 5.95. The van der Waals surface area contributed by atoms with Crippen molar-refractivity contribution in [3.8, 4) is 0 Å². The number of nitrogens with two attached hydrogens (primary N) is 2. The Bertz CT molecular complexity index is 747. The van der Waals surface area contributed by atoms with E-state index in [1.807, 2.05) is 30.3 Å². The Morgan fingerprint density at radius 3 is 2.40 bits per heavy atom. The third kappa shape index (κ3) is 5.12. The van der Waals surface area contributed by atoms with Crippen LogP contribution < -0.4 is 16.4 Å². The molecular weight excluding hydrogens is 321 g/mol. The number of carbonyl (C=O) groups excluding carboxylic acids is 2. The summed E-state index contributed by atoms with van der Waals surface area (Å²) in [7, 11) is 0. The predicted octanol–water partition coefficient (Wildman–Crippen LogP) is 1.62. The Balaban J connectivity index is 2.31. The van der Waals surface area contributed by atoms with Crippen molar-refractivity contribution >= 4 is 11.9 Å². The van der Waals surface area contributed by atoms with Gasteiger partial charge < -0.3 is 11.1 Å². The number of benzene rings is 2. The van der Waals surface area contributed by atoms with E-state index in [1.54, 1.807) is 18.3 Å². The first-order valence-electron chi connectivity index (χ1n) is 8.20. The van der Waals surface area contributed by atoms with Crippen molar-refractivity contribution in [1.29, 1.82) is 0 Å². The second-order valence-corrected chi connectivity index (χ2v) is 5.96. The molecule has 3 amide bonds. The number of rotatable bonds is 6. The van der Waals surface area contributed by atoms with E-state index in [9.17, 15) is 14.0 Å². The second-order valence-electron chi connectivity index (χ2n) is 5.96. The number of halogens is 1. The number of imide groups is 1. The molecule has 5 nitrogen and oxygen atoms in total. The number of primary amides is 1. The van der Waals surface area contributed by atoms with Gasteiger partial charge in [-0.15, -0.1) is 0 Å². The van der Waals surface area contributed by atoms with Crippen molar-refractivity contribution in [3.05, 3.63) is 71.0 Å². The van der Waals surface area contributed by atoms with Crippen LogP contribution in [0.4, 0.5) is 9.18 Å². The molecule has 132 valence electrons. The average molecular weight is 344 g/mol. The van der Waals surface area contributed by atoms with Crippen molar-refractivity contribution in [3.63, 3.8) is 0 Å². The molecule has 0 aliphatic carbocycles. The summed E-state index contributed by atoms with van der Waals surface area (Å²) in [6.07, 6.45) is 0.923. The minimum absolute atomic E-state index is 0.282. The Morgan fingerprint density at radius 2 is 1.84 bits per heavy atom. The van der Waals surface area contributed by atoms with Crippen molar-refractivity contribution in [1.82, 2.24) is 5.32 Å². The fourth-order valence-electron chi connectivity index (χ4n) is 2.69. The number of amides is 3. The van der Waals surface area contributed by atoms with E-state index in [4.69, 9.17) is 5.73 Å². The van der Waals surface area contributed by atoms with E-state index in [1.165, 1.54) is 17.7 Å². The van der Waals surface area contributed by atoms with Crippen LogP contribution in [-0.2, 0) is 11.2 Å². The van der Waals surface area contributed by atoms with Gasteiger partial charge in [0.25, 0.3) is 5.91 Å². The van der Waals surface area contributed by atoms with Crippen LogP contribution in [0.5, 0.6) is 0 Å². The number of hydrogen-bond donors (Lipinski definition) is 3. The van der Waals surface area contributed by atoms with Gasteiger partial charge in [0, 0.05) is 11.1 Å². The topological polar surface area (TPSA) is 88.8 Å². The molecule has 0 aliphatic heterocycles. The smallest absolute Gasteiger partial charge is 0.319 e. The van der Waals surface area contributed by atoms with Gasteiger partial charge in [-0.3, -0.25) is 10.1 Å². The maximum Gasteiger partial charge on any atom is 0.319 e. The van der Waals surface area contributed by atoms with Gasteiger partial charge in [-0.1, -0.05) is 43.3 Å². The monoisotopic (exact) mass is 344 g/mol. The van der Waals surface area contributed by atoms with Gasteiger partial charge in [0.2, 0.25) is 0 Å². The van der Waals surface area contributed by atoms with Crippen LogP contribution in [0.2, 0.25) is 0 Å². The molecule has 25 heavy (non-hydrogen) atoms. The third-order valence-electron chi connectivity index (χ3n) is 4.10. The van der Waals surface area contributed by atoms with Crippen LogP contribution in [0.25, 0.3) is 0 Å². The Labute approximate surface area is 146 Å². The lowest BCUT2D eigenvalue weighted by molar-refractivity contribution is -0.704. The molecule has 0 unspecified atom stereocenters. The van der Waals surface area contributed by atoms with Gasteiger partial charge >= 0.3 is 6.03 Å². The van der Waals surface area contributed by atoms with E-state index in [2.05, 4.69) is 12.2 Å². The van der Waals surface area contributed by atoms with E-state index in [0.29, 0.717) is 0 Å². The van der Waals surface area contributed by atoms with Gasteiger partial charge in [0.05, 0.1) is 0 Å². The molecule has 0 aromatic heterocycles. The molecule has 0 saturated heterocycles. The number of nitrogens with one attached hydrogen (secondary N) is 1. The molecule has 0 fully saturated rings. The summed E-state index contributed by atoms with van der Waals surface area (Å²) in [5, 5.41) is 3.86. The summed E-state index contributed by atoms with van der Waals surface area (Å²) in [5.74, 6) is -0.825. The molecule has 0 radical (unpaired) electrons. The average Bonchev–Trinajstić information content (AvgIpc) is 2.59. The quantitative estimate of drug-likeness (QED) is 0.743. The van der Waals surface area contributed by atoms with Gasteiger partial charge in [-0.05, 0) is 31.0 Å². The minimum Gasteiger partial charge on any atom is -0.351 e. The van der Waals surface area contributed by atoms with Gasteiger partial charge in [0.1, 0.15) is 11.9 Å². The zero-order valence-electron chi connectivity index (χ0n) is 14.3. The van der Waals surface area contributed by atoms with Gasteiger partial charge in [0.15, 0.2) is 6.04 Å². The summed E-state index contributed by atoms with van der Waals surface area (Å²) < 4.78 is 13.7. The lowest BCUT2D eigenvalue weighted by Crippen LogP contribution is -2.93. The van der Waals surface area contributed by atoms with E-state index in [0.717, 1.165) is 17.5 Å². The standard InChI is InChI=1S/C19H22FN3O2/c1-3-13-7-9-14(10-8-13)17(15-5-4-6-16(20)11-15)22-12(2)18(24)23-19(21)25/h4-12,17,22H,3H2,1-2H3,(H3,21,23,24,25)/p+1/t12-,17-/m1/s1. The molecule has 0 aliphatic rings. The SMILES string of the molecule is CCc1ccc([C@@H]([NH2+][C@H](C)C(=O)NC(N)=O)c2cccc(F)c2)cc1. The summed E-state index contributed by atoms with van der Waals surface area (Å²) in [4.78, 5) is 22.9. The van der Waals surface area contributed by atoms with Crippen LogP contribution in [0.1, 0.15) is 36.6 Å². The second kappa shape index (κ2) is 8.39. The highest BCUT2D eigenvalue weighted by Crippen LogP contribution is 2.20. The van der Waals surface area contributed by atoms with Crippen molar-refractivity contribution in [2.75, 3.05) is 0 Å². The molecule has 0 heterocycles. The van der Waals surface area contributed by atoms with Crippen LogP contribution in [0.15, 0.2) is 48.5 Å². The number of urea groups is 1. The van der Waals surface area contributed by atoms with E-state index in [-0.39, 0.29) is 11.9 Å². The highest BCUT2D eigenvalue weighted by atomic mass is 19.1. The molecule has 2 aromatic carbocycles. The minimum atomic E-state index is -0.889. The molecule has 5 N–H and O–H groups in total. The van der Waals surface area contributed by atoms with Crippen molar-refractivity contribution in [2.24, 2.45) is 5.73 Å². The van der Waals surface area contributed by atoms with Crippen LogP contribution in [0, 0.1) is 5.82 Å². The molecule has 2 atom stereocenters. The lowest BCUT2D eigenvalue weighted by atomic mass is 9.96. The van der Waals surface area contributed by atoms with Crippen LogP contribution >= 0.6 is 0 Å². The van der Waals surface area contributed by atoms with Gasteiger partial charge in [-0.25, -0.2) is 9.18 Å². The fraction of sp³-hybridized carbons (Fsp3) is 0.263. The van der Waals surface area contributed by atoms with E-state index < -0.39 is 18.0 Å². The number of hydrogen-bond acceptors (Lipinski definition) is 2. The Morgan fingerprint density at radius 1 is 1.16 bits per heavy atom. The van der Waals surface area contributed by atoms with Crippen molar-refractivity contribution in [2.45, 2.75) is 32.4 Å². The zero-order valence-corrected chi connectivity index (χ0v) is 14.3. The molecular formula is C19H23FN3O2+. The van der Waals surface area contributed by atoms with Crippen LogP contribution in [-0.4, -0.2) is 18.0 Å². The highest BCUT2D eigenvalue weighted by Gasteiger charge is 2.25. The summed E-state index contributed by atoms with van der Waals surface area (Å²) in [6, 6.07) is 12.5. The van der Waals surface area contributed by atoms with Crippen LogP contribution in [0.3, 0.4) is 0 Å². The lowest BCUT2D eigenvalue weighted by Gasteiger charge is -2.20.